The maximum atomic E-state index is 5.84. The van der Waals surface area contributed by atoms with Gasteiger partial charge in [0.15, 0.2) is 0 Å². The third kappa shape index (κ3) is 2.74. The van der Waals surface area contributed by atoms with Crippen LogP contribution in [-0.2, 0) is 0 Å². The minimum absolute atomic E-state index is 0.486. The van der Waals surface area contributed by atoms with Gasteiger partial charge in [0, 0.05) is 17.4 Å². The van der Waals surface area contributed by atoms with Gasteiger partial charge < -0.3 is 4.74 Å². The molecule has 21 heavy (non-hydrogen) atoms. The Morgan fingerprint density at radius 2 is 1.95 bits per heavy atom. The molecule has 104 valence electrons. The van der Waals surface area contributed by atoms with Gasteiger partial charge in [-0.3, -0.25) is 4.98 Å². The van der Waals surface area contributed by atoms with E-state index in [1.165, 1.54) is 0 Å². The van der Waals surface area contributed by atoms with Crippen molar-refractivity contribution in [2.75, 3.05) is 0 Å². The number of para-hydroxylation sites is 1. The summed E-state index contributed by atoms with van der Waals surface area (Å²) in [5.41, 5.74) is 0.951. The second-order valence-electron chi connectivity index (χ2n) is 5.13. The highest BCUT2D eigenvalue weighted by Gasteiger charge is 2.27. The Kier molecular flexibility index (Phi) is 3.07. The van der Waals surface area contributed by atoms with E-state index in [0.717, 1.165) is 34.2 Å². The predicted octanol–water partition coefficient (Wildman–Crippen LogP) is 4.46. The Hall–Kier alpha value is -2.01. The number of aromatic nitrogens is 3. The van der Waals surface area contributed by atoms with Crippen LogP contribution in [0.5, 0.6) is 11.6 Å². The van der Waals surface area contributed by atoms with Gasteiger partial charge in [-0.2, -0.15) is 4.98 Å². The zero-order chi connectivity index (χ0) is 14.2. The van der Waals surface area contributed by atoms with Crippen molar-refractivity contribution in [3.05, 3.63) is 53.0 Å². The van der Waals surface area contributed by atoms with Crippen LogP contribution in [0.25, 0.3) is 10.9 Å². The van der Waals surface area contributed by atoms with Crippen LogP contribution < -0.4 is 4.74 Å². The van der Waals surface area contributed by atoms with Crippen molar-refractivity contribution in [3.63, 3.8) is 0 Å². The van der Waals surface area contributed by atoms with Gasteiger partial charge in [-0.1, -0.05) is 18.2 Å². The molecule has 0 amide bonds. The van der Waals surface area contributed by atoms with Crippen LogP contribution in [0, 0.1) is 0 Å². The summed E-state index contributed by atoms with van der Waals surface area (Å²) in [5.74, 6) is 2.57. The summed E-state index contributed by atoms with van der Waals surface area (Å²) in [6.07, 6.45) is 4.04. The SMILES string of the molecule is Brc1cc(Oc2cnc3ccccc3c2)nc(C2CC2)n1. The number of hydrogen-bond donors (Lipinski definition) is 0. The molecule has 0 aliphatic heterocycles. The summed E-state index contributed by atoms with van der Waals surface area (Å²) in [6.45, 7) is 0. The minimum atomic E-state index is 0.486. The second kappa shape index (κ2) is 5.07. The lowest BCUT2D eigenvalue weighted by Crippen LogP contribution is -1.96. The van der Waals surface area contributed by atoms with Crippen LogP contribution in [0.15, 0.2) is 47.2 Å². The summed E-state index contributed by atoms with van der Waals surface area (Å²) in [6, 6.07) is 11.7. The summed E-state index contributed by atoms with van der Waals surface area (Å²) in [5, 5.41) is 1.05. The van der Waals surface area contributed by atoms with Crippen molar-refractivity contribution in [1.82, 2.24) is 15.0 Å². The van der Waals surface area contributed by atoms with Gasteiger partial charge in [0.25, 0.3) is 0 Å². The monoisotopic (exact) mass is 341 g/mol. The molecule has 1 aliphatic carbocycles. The molecule has 1 saturated carbocycles. The first-order valence-electron chi connectivity index (χ1n) is 6.85. The van der Waals surface area contributed by atoms with Crippen molar-refractivity contribution < 1.29 is 4.74 Å². The molecule has 1 fully saturated rings. The van der Waals surface area contributed by atoms with E-state index in [-0.39, 0.29) is 0 Å². The van der Waals surface area contributed by atoms with Crippen molar-refractivity contribution in [1.29, 1.82) is 0 Å². The first-order valence-corrected chi connectivity index (χ1v) is 7.64. The lowest BCUT2D eigenvalue weighted by Gasteiger charge is -2.07. The molecule has 0 atom stereocenters. The predicted molar refractivity (Wildman–Crippen MR) is 83.5 cm³/mol. The Labute approximate surface area is 130 Å². The van der Waals surface area contributed by atoms with E-state index in [1.807, 2.05) is 30.3 Å². The molecule has 0 unspecified atom stereocenters. The van der Waals surface area contributed by atoms with E-state index in [9.17, 15) is 0 Å². The Bertz CT molecular complexity index is 817. The van der Waals surface area contributed by atoms with Gasteiger partial charge in [-0.15, -0.1) is 0 Å². The molecule has 5 heteroatoms. The molecule has 0 N–H and O–H groups in total. The molecule has 4 nitrogen and oxygen atoms in total. The third-order valence-corrected chi connectivity index (χ3v) is 3.83. The van der Waals surface area contributed by atoms with E-state index < -0.39 is 0 Å². The van der Waals surface area contributed by atoms with Crippen LogP contribution in [0.3, 0.4) is 0 Å². The number of halogens is 1. The van der Waals surface area contributed by atoms with E-state index in [2.05, 4.69) is 30.9 Å². The quantitative estimate of drug-likeness (QED) is 0.660. The molecular weight excluding hydrogens is 330 g/mol. The summed E-state index contributed by atoms with van der Waals surface area (Å²) in [4.78, 5) is 13.3. The average molecular weight is 342 g/mol. The number of fused-ring (bicyclic) bond motifs is 1. The summed E-state index contributed by atoms with van der Waals surface area (Å²) in [7, 11) is 0. The van der Waals surface area contributed by atoms with Crippen LogP contribution >= 0.6 is 15.9 Å². The third-order valence-electron chi connectivity index (χ3n) is 3.42. The van der Waals surface area contributed by atoms with Gasteiger partial charge in [0.05, 0.1) is 11.7 Å². The molecule has 0 saturated heterocycles. The highest BCUT2D eigenvalue weighted by atomic mass is 79.9. The number of rotatable bonds is 3. The Balaban J connectivity index is 1.67. The molecule has 4 rings (SSSR count). The highest BCUT2D eigenvalue weighted by molar-refractivity contribution is 9.10. The van der Waals surface area contributed by atoms with Gasteiger partial charge >= 0.3 is 0 Å². The fourth-order valence-corrected chi connectivity index (χ4v) is 2.60. The fourth-order valence-electron chi connectivity index (χ4n) is 2.22. The number of pyridine rings is 1. The zero-order valence-corrected chi connectivity index (χ0v) is 12.7. The smallest absolute Gasteiger partial charge is 0.223 e. The van der Waals surface area contributed by atoms with Crippen molar-refractivity contribution >= 4 is 26.8 Å². The topological polar surface area (TPSA) is 47.9 Å². The number of hydrogen-bond acceptors (Lipinski definition) is 4. The number of nitrogens with zero attached hydrogens (tertiary/aromatic N) is 3. The van der Waals surface area contributed by atoms with Crippen molar-refractivity contribution in [2.24, 2.45) is 0 Å². The average Bonchev–Trinajstić information content (AvgIpc) is 3.31. The van der Waals surface area contributed by atoms with E-state index in [0.29, 0.717) is 17.5 Å². The maximum Gasteiger partial charge on any atom is 0.223 e. The molecular formula is C16H12BrN3O. The summed E-state index contributed by atoms with van der Waals surface area (Å²) < 4.78 is 6.60. The molecule has 0 bridgehead atoms. The van der Waals surface area contributed by atoms with Crippen molar-refractivity contribution in [2.45, 2.75) is 18.8 Å². The molecule has 0 spiro atoms. The van der Waals surface area contributed by atoms with Crippen molar-refractivity contribution in [3.8, 4) is 11.6 Å². The zero-order valence-electron chi connectivity index (χ0n) is 11.2. The summed E-state index contributed by atoms with van der Waals surface area (Å²) >= 11 is 3.42. The maximum absolute atomic E-state index is 5.84. The lowest BCUT2D eigenvalue weighted by molar-refractivity contribution is 0.456. The first kappa shape index (κ1) is 12.7. The number of ether oxygens (including phenoxy) is 1. The van der Waals surface area contributed by atoms with E-state index in [1.54, 1.807) is 12.3 Å². The van der Waals surface area contributed by atoms with Gasteiger partial charge in [0.2, 0.25) is 5.88 Å². The van der Waals surface area contributed by atoms with Crippen LogP contribution in [0.1, 0.15) is 24.6 Å². The molecule has 0 radical (unpaired) electrons. The van der Waals surface area contributed by atoms with Crippen LogP contribution in [-0.4, -0.2) is 15.0 Å². The first-order chi connectivity index (χ1) is 10.3. The normalized spacial score (nSPS) is 14.3. The Morgan fingerprint density at radius 3 is 2.81 bits per heavy atom. The lowest BCUT2D eigenvalue weighted by atomic mass is 10.2. The van der Waals surface area contributed by atoms with Crippen LogP contribution in [0.4, 0.5) is 0 Å². The highest BCUT2D eigenvalue weighted by Crippen LogP contribution is 2.39. The Morgan fingerprint density at radius 1 is 1.10 bits per heavy atom. The molecule has 2 heterocycles. The number of benzene rings is 1. The molecule has 1 aliphatic rings. The largest absolute Gasteiger partial charge is 0.437 e. The van der Waals surface area contributed by atoms with Crippen LogP contribution in [0.2, 0.25) is 0 Å². The molecule has 3 aromatic rings. The van der Waals surface area contributed by atoms with E-state index in [4.69, 9.17) is 4.74 Å². The van der Waals surface area contributed by atoms with Gasteiger partial charge in [-0.25, -0.2) is 4.98 Å². The molecule has 1 aromatic carbocycles. The standard InChI is InChI=1S/C16H12BrN3O/c17-14-8-15(20-16(19-14)10-5-6-10)21-12-7-11-3-1-2-4-13(11)18-9-12/h1-4,7-10H,5-6H2. The minimum Gasteiger partial charge on any atom is -0.437 e. The molecule has 2 aromatic heterocycles. The van der Waals surface area contributed by atoms with Gasteiger partial charge in [0.1, 0.15) is 16.2 Å². The fraction of sp³-hybridized carbons (Fsp3) is 0.188. The van der Waals surface area contributed by atoms with E-state index >= 15 is 0 Å². The second-order valence-corrected chi connectivity index (χ2v) is 5.94. The van der Waals surface area contributed by atoms with Gasteiger partial charge in [-0.05, 0) is 40.9 Å².